The van der Waals surface area contributed by atoms with E-state index < -0.39 is 5.97 Å². The zero-order valence-electron chi connectivity index (χ0n) is 7.68. The summed E-state index contributed by atoms with van der Waals surface area (Å²) in [4.78, 5) is 9.75. The van der Waals surface area contributed by atoms with Crippen LogP contribution in [-0.2, 0) is 4.79 Å². The molecule has 0 saturated carbocycles. The number of carbonyl (C=O) groups is 1. The molecule has 0 saturated heterocycles. The molecule has 0 aromatic carbocycles. The predicted octanol–water partition coefficient (Wildman–Crippen LogP) is 0.564. The zero-order valence-corrected chi connectivity index (χ0v) is 7.68. The minimum Gasteiger partial charge on any atom is -0.478 e. The van der Waals surface area contributed by atoms with E-state index in [1.807, 2.05) is 6.92 Å². The van der Waals surface area contributed by atoms with Gasteiger partial charge in [-0.1, -0.05) is 18.2 Å². The highest BCUT2D eigenvalue weighted by molar-refractivity contribution is 5.80. The van der Waals surface area contributed by atoms with Crippen LogP contribution in [0.25, 0.3) is 0 Å². The van der Waals surface area contributed by atoms with Crippen LogP contribution in [0.1, 0.15) is 13.3 Å². The molecule has 0 aliphatic rings. The number of carboxylic acids is 1. The lowest BCUT2D eigenvalue weighted by Gasteiger charge is -1.79. The maximum atomic E-state index is 9.75. The Morgan fingerprint density at radius 3 is 2.00 bits per heavy atom. The van der Waals surface area contributed by atoms with Crippen molar-refractivity contribution in [2.45, 2.75) is 13.3 Å². The fraction of sp³-hybridized carbons (Fsp3) is 0.444. The molecule has 0 rings (SSSR count). The zero-order chi connectivity index (χ0) is 10.5. The Morgan fingerprint density at radius 2 is 1.77 bits per heavy atom. The lowest BCUT2D eigenvalue weighted by atomic mass is 10.4. The molecule has 0 unspecified atom stereocenters. The van der Waals surface area contributed by atoms with Crippen LogP contribution in [0.4, 0.5) is 0 Å². The van der Waals surface area contributed by atoms with Gasteiger partial charge in [-0.25, -0.2) is 4.79 Å². The Hall–Kier alpha value is -1.13. The molecule has 76 valence electrons. The second kappa shape index (κ2) is 13.5. The molecule has 0 spiro atoms. The standard InChI is InChI=1S/C6H8O2.C3H8O2/c1-2-3-4-5-6(7)8;4-2-1-3-5/h2-5H,1H3,(H,7,8);4-5H,1-3H2/b3-2+,5-4+;. The van der Waals surface area contributed by atoms with Crippen LogP contribution in [-0.4, -0.2) is 34.5 Å². The summed E-state index contributed by atoms with van der Waals surface area (Å²) in [6, 6.07) is 0. The molecule has 0 atom stereocenters. The fourth-order valence-electron chi connectivity index (χ4n) is 0.320. The number of rotatable bonds is 4. The molecule has 0 aromatic rings. The number of hydrogen-bond acceptors (Lipinski definition) is 3. The van der Waals surface area contributed by atoms with Gasteiger partial charge >= 0.3 is 5.97 Å². The highest BCUT2D eigenvalue weighted by Crippen LogP contribution is 1.74. The summed E-state index contributed by atoms with van der Waals surface area (Å²) in [6.45, 7) is 2.01. The van der Waals surface area contributed by atoms with Crippen molar-refractivity contribution in [3.05, 3.63) is 24.3 Å². The highest BCUT2D eigenvalue weighted by Gasteiger charge is 1.78. The van der Waals surface area contributed by atoms with Gasteiger partial charge in [0, 0.05) is 19.3 Å². The van der Waals surface area contributed by atoms with Crippen molar-refractivity contribution in [2.24, 2.45) is 0 Å². The molecular weight excluding hydrogens is 172 g/mol. The summed E-state index contributed by atoms with van der Waals surface area (Å²) in [7, 11) is 0. The van der Waals surface area contributed by atoms with Gasteiger partial charge in [0.2, 0.25) is 0 Å². The summed E-state index contributed by atoms with van der Waals surface area (Å²) in [5, 5.41) is 23.8. The molecule has 0 aliphatic heterocycles. The van der Waals surface area contributed by atoms with Crippen molar-refractivity contribution in [1.29, 1.82) is 0 Å². The Labute approximate surface area is 77.8 Å². The van der Waals surface area contributed by atoms with Crippen molar-refractivity contribution in [1.82, 2.24) is 0 Å². The summed E-state index contributed by atoms with van der Waals surface area (Å²) in [6.07, 6.45) is 6.48. The van der Waals surface area contributed by atoms with Gasteiger partial charge < -0.3 is 15.3 Å². The molecule has 0 aliphatic carbocycles. The molecule has 0 amide bonds. The van der Waals surface area contributed by atoms with Crippen molar-refractivity contribution in [3.63, 3.8) is 0 Å². The molecule has 4 heteroatoms. The normalized spacial score (nSPS) is 10.1. The second-order valence-corrected chi connectivity index (χ2v) is 2.02. The van der Waals surface area contributed by atoms with Crippen LogP contribution in [0.15, 0.2) is 24.3 Å². The molecule has 0 radical (unpaired) electrons. The average Bonchev–Trinajstić information content (AvgIpc) is 2.07. The Balaban J connectivity index is 0. The topological polar surface area (TPSA) is 77.8 Å². The van der Waals surface area contributed by atoms with Crippen molar-refractivity contribution >= 4 is 5.97 Å². The van der Waals surface area contributed by atoms with Gasteiger partial charge in [0.1, 0.15) is 0 Å². The van der Waals surface area contributed by atoms with Crippen molar-refractivity contribution in [2.75, 3.05) is 13.2 Å². The van der Waals surface area contributed by atoms with Gasteiger partial charge in [-0.15, -0.1) is 0 Å². The van der Waals surface area contributed by atoms with Gasteiger partial charge in [-0.3, -0.25) is 0 Å². The maximum Gasteiger partial charge on any atom is 0.328 e. The monoisotopic (exact) mass is 188 g/mol. The highest BCUT2D eigenvalue weighted by atomic mass is 16.4. The molecule has 0 aromatic heterocycles. The van der Waals surface area contributed by atoms with E-state index >= 15 is 0 Å². The number of hydrogen-bond donors (Lipinski definition) is 3. The number of aliphatic carboxylic acids is 1. The minimum absolute atomic E-state index is 0.0938. The Kier molecular flexibility index (Phi) is 14.9. The lowest BCUT2D eigenvalue weighted by Crippen LogP contribution is -1.85. The van der Waals surface area contributed by atoms with E-state index in [2.05, 4.69) is 0 Å². The smallest absolute Gasteiger partial charge is 0.328 e. The first-order valence-corrected chi connectivity index (χ1v) is 3.93. The summed E-state index contributed by atoms with van der Waals surface area (Å²) < 4.78 is 0. The maximum absolute atomic E-state index is 9.75. The van der Waals surface area contributed by atoms with Gasteiger partial charge in [0.05, 0.1) is 0 Å². The fourth-order valence-corrected chi connectivity index (χ4v) is 0.320. The number of aliphatic hydroxyl groups excluding tert-OH is 2. The lowest BCUT2D eigenvalue weighted by molar-refractivity contribution is -0.131. The van der Waals surface area contributed by atoms with Crippen LogP contribution >= 0.6 is 0 Å². The largest absolute Gasteiger partial charge is 0.478 e. The Bertz CT molecular complexity index is 159. The van der Waals surface area contributed by atoms with Crippen molar-refractivity contribution < 1.29 is 20.1 Å². The SMILES string of the molecule is C/C=C/C=C/C(=O)O.OCCCO. The minimum atomic E-state index is -0.914. The van der Waals surface area contributed by atoms with Gasteiger partial charge in [0.25, 0.3) is 0 Å². The first kappa shape index (κ1) is 14.4. The van der Waals surface area contributed by atoms with E-state index in [1.165, 1.54) is 6.08 Å². The van der Waals surface area contributed by atoms with E-state index in [0.717, 1.165) is 6.08 Å². The molecule has 0 heterocycles. The van der Waals surface area contributed by atoms with Crippen molar-refractivity contribution in [3.8, 4) is 0 Å². The van der Waals surface area contributed by atoms with E-state index in [0.29, 0.717) is 6.42 Å². The van der Waals surface area contributed by atoms with Crippen LogP contribution in [0.3, 0.4) is 0 Å². The summed E-state index contributed by atoms with van der Waals surface area (Å²) >= 11 is 0. The Morgan fingerprint density at radius 1 is 1.23 bits per heavy atom. The second-order valence-electron chi connectivity index (χ2n) is 2.02. The predicted molar refractivity (Wildman–Crippen MR) is 50.4 cm³/mol. The van der Waals surface area contributed by atoms with E-state index in [-0.39, 0.29) is 13.2 Å². The quantitative estimate of drug-likeness (QED) is 0.445. The molecular formula is C9H16O4. The molecule has 0 bridgehead atoms. The van der Waals surface area contributed by atoms with Gasteiger partial charge in [-0.05, 0) is 13.3 Å². The van der Waals surface area contributed by atoms with Crippen LogP contribution in [0, 0.1) is 0 Å². The van der Waals surface area contributed by atoms with Crippen LogP contribution in [0.5, 0.6) is 0 Å². The van der Waals surface area contributed by atoms with Crippen LogP contribution < -0.4 is 0 Å². The van der Waals surface area contributed by atoms with E-state index in [4.69, 9.17) is 15.3 Å². The van der Waals surface area contributed by atoms with E-state index in [1.54, 1.807) is 12.2 Å². The average molecular weight is 188 g/mol. The first-order chi connectivity index (χ1) is 6.18. The molecule has 3 N–H and O–H groups in total. The number of carboxylic acid groups (broad SMARTS) is 1. The summed E-state index contributed by atoms with van der Waals surface area (Å²) in [5.74, 6) is -0.914. The third-order valence-corrected chi connectivity index (χ3v) is 0.859. The first-order valence-electron chi connectivity index (χ1n) is 3.93. The van der Waals surface area contributed by atoms with Gasteiger partial charge in [-0.2, -0.15) is 0 Å². The third-order valence-electron chi connectivity index (χ3n) is 0.859. The van der Waals surface area contributed by atoms with E-state index in [9.17, 15) is 4.79 Å². The molecule has 13 heavy (non-hydrogen) atoms. The molecule has 4 nitrogen and oxygen atoms in total. The third kappa shape index (κ3) is 24.8. The number of aliphatic hydroxyl groups is 2. The van der Waals surface area contributed by atoms with Gasteiger partial charge in [0.15, 0.2) is 0 Å². The summed E-state index contributed by atoms with van der Waals surface area (Å²) in [5.41, 5.74) is 0. The molecule has 0 fully saturated rings. The van der Waals surface area contributed by atoms with Crippen LogP contribution in [0.2, 0.25) is 0 Å². The number of allylic oxidation sites excluding steroid dienone is 3.